The average molecular weight is 355 g/mol. The third-order valence-electron chi connectivity index (χ3n) is 3.87. The summed E-state index contributed by atoms with van der Waals surface area (Å²) in [6, 6.07) is 8.56. The monoisotopic (exact) mass is 355 g/mol. The Kier molecular flexibility index (Phi) is 6.10. The highest BCUT2D eigenvalue weighted by Crippen LogP contribution is 2.16. The van der Waals surface area contributed by atoms with E-state index in [9.17, 15) is 9.59 Å². The summed E-state index contributed by atoms with van der Waals surface area (Å²) in [5.41, 5.74) is 1.06. The molecule has 0 aliphatic carbocycles. The van der Waals surface area contributed by atoms with Crippen molar-refractivity contribution in [1.82, 2.24) is 15.3 Å². The SMILES string of the molecule is O=C(NCCNc1ncccn1)c1cccc(NC(=O)[C@H]2CCCO2)c1. The van der Waals surface area contributed by atoms with E-state index < -0.39 is 6.10 Å². The van der Waals surface area contributed by atoms with E-state index in [0.29, 0.717) is 36.9 Å². The van der Waals surface area contributed by atoms with E-state index >= 15 is 0 Å². The van der Waals surface area contributed by atoms with Crippen LogP contribution in [0.4, 0.5) is 11.6 Å². The van der Waals surface area contributed by atoms with Crippen molar-refractivity contribution in [3.63, 3.8) is 0 Å². The Labute approximate surface area is 151 Å². The van der Waals surface area contributed by atoms with Crippen molar-refractivity contribution in [2.45, 2.75) is 18.9 Å². The zero-order valence-electron chi connectivity index (χ0n) is 14.3. The number of rotatable bonds is 7. The highest BCUT2D eigenvalue weighted by Gasteiger charge is 2.23. The van der Waals surface area contributed by atoms with Crippen molar-refractivity contribution in [2.24, 2.45) is 0 Å². The molecule has 1 atom stereocenters. The van der Waals surface area contributed by atoms with Crippen LogP contribution in [0, 0.1) is 0 Å². The summed E-state index contributed by atoms with van der Waals surface area (Å²) in [6.07, 6.45) is 4.50. The van der Waals surface area contributed by atoms with Crippen molar-refractivity contribution in [3.8, 4) is 0 Å². The van der Waals surface area contributed by atoms with Gasteiger partial charge >= 0.3 is 0 Å². The summed E-state index contributed by atoms with van der Waals surface area (Å²) in [4.78, 5) is 32.4. The predicted molar refractivity (Wildman–Crippen MR) is 96.9 cm³/mol. The van der Waals surface area contributed by atoms with Gasteiger partial charge in [0, 0.05) is 43.3 Å². The van der Waals surface area contributed by atoms with Gasteiger partial charge in [0.1, 0.15) is 6.10 Å². The van der Waals surface area contributed by atoms with Gasteiger partial charge in [-0.1, -0.05) is 6.07 Å². The van der Waals surface area contributed by atoms with Gasteiger partial charge in [-0.25, -0.2) is 9.97 Å². The molecule has 3 rings (SSSR count). The molecule has 1 aliphatic rings. The highest BCUT2D eigenvalue weighted by atomic mass is 16.5. The first-order valence-corrected chi connectivity index (χ1v) is 8.54. The number of nitrogens with zero attached hydrogens (tertiary/aromatic N) is 2. The smallest absolute Gasteiger partial charge is 0.253 e. The Balaban J connectivity index is 1.47. The van der Waals surface area contributed by atoms with Gasteiger partial charge in [0.05, 0.1) is 0 Å². The number of benzene rings is 1. The second-order valence-corrected chi connectivity index (χ2v) is 5.83. The minimum Gasteiger partial charge on any atom is -0.368 e. The lowest BCUT2D eigenvalue weighted by Crippen LogP contribution is -2.29. The van der Waals surface area contributed by atoms with Gasteiger partial charge in [0.25, 0.3) is 11.8 Å². The van der Waals surface area contributed by atoms with Gasteiger partial charge in [-0.05, 0) is 37.1 Å². The molecule has 2 heterocycles. The largest absolute Gasteiger partial charge is 0.368 e. The second kappa shape index (κ2) is 8.91. The molecule has 1 aromatic heterocycles. The zero-order chi connectivity index (χ0) is 18.2. The van der Waals surface area contributed by atoms with Crippen LogP contribution in [-0.4, -0.2) is 47.6 Å². The molecule has 8 heteroatoms. The molecule has 2 aromatic rings. The summed E-state index contributed by atoms with van der Waals surface area (Å²) in [5.74, 6) is 0.127. The maximum atomic E-state index is 12.2. The summed E-state index contributed by atoms with van der Waals surface area (Å²) in [5, 5.41) is 8.62. The average Bonchev–Trinajstić information content (AvgIpc) is 3.21. The zero-order valence-corrected chi connectivity index (χ0v) is 14.3. The summed E-state index contributed by atoms with van der Waals surface area (Å²) < 4.78 is 5.36. The number of hydrogen-bond acceptors (Lipinski definition) is 6. The minimum atomic E-state index is -0.404. The molecule has 26 heavy (non-hydrogen) atoms. The lowest BCUT2D eigenvalue weighted by Gasteiger charge is -2.11. The Bertz CT molecular complexity index is 748. The number of ether oxygens (including phenoxy) is 1. The first-order chi connectivity index (χ1) is 12.7. The van der Waals surface area contributed by atoms with E-state index in [1.807, 2.05) is 0 Å². The molecule has 2 amide bonds. The van der Waals surface area contributed by atoms with Crippen LogP contribution in [0.3, 0.4) is 0 Å². The number of carbonyl (C=O) groups is 2. The highest BCUT2D eigenvalue weighted by molar-refractivity contribution is 5.98. The molecule has 1 fully saturated rings. The minimum absolute atomic E-state index is 0.174. The third-order valence-corrected chi connectivity index (χ3v) is 3.87. The van der Waals surface area contributed by atoms with E-state index in [2.05, 4.69) is 25.9 Å². The van der Waals surface area contributed by atoms with Crippen molar-refractivity contribution in [3.05, 3.63) is 48.3 Å². The molecule has 0 bridgehead atoms. The lowest BCUT2D eigenvalue weighted by atomic mass is 10.1. The van der Waals surface area contributed by atoms with Gasteiger partial charge in [-0.2, -0.15) is 0 Å². The number of aromatic nitrogens is 2. The summed E-state index contributed by atoms with van der Waals surface area (Å²) >= 11 is 0. The molecule has 136 valence electrons. The lowest BCUT2D eigenvalue weighted by molar-refractivity contribution is -0.124. The topological polar surface area (TPSA) is 105 Å². The van der Waals surface area contributed by atoms with Crippen LogP contribution < -0.4 is 16.0 Å². The number of carbonyl (C=O) groups excluding carboxylic acids is 2. The molecular weight excluding hydrogens is 334 g/mol. The first kappa shape index (κ1) is 17.8. The van der Waals surface area contributed by atoms with E-state index in [0.717, 1.165) is 12.8 Å². The van der Waals surface area contributed by atoms with Crippen molar-refractivity contribution in [2.75, 3.05) is 30.3 Å². The fraction of sp³-hybridized carbons (Fsp3) is 0.333. The van der Waals surface area contributed by atoms with Gasteiger partial charge in [-0.15, -0.1) is 0 Å². The fourth-order valence-corrected chi connectivity index (χ4v) is 2.59. The predicted octanol–water partition coefficient (Wildman–Crippen LogP) is 1.44. The Morgan fingerprint density at radius 1 is 1.15 bits per heavy atom. The van der Waals surface area contributed by atoms with Crippen LogP contribution in [0.15, 0.2) is 42.7 Å². The molecule has 3 N–H and O–H groups in total. The van der Waals surface area contributed by atoms with Crippen LogP contribution in [0.1, 0.15) is 23.2 Å². The molecule has 8 nitrogen and oxygen atoms in total. The standard InChI is InChI=1S/C18H21N5O3/c24-16(19-9-10-22-18-20-7-3-8-21-18)13-4-1-5-14(12-13)23-17(25)15-6-2-11-26-15/h1,3-5,7-8,12,15H,2,6,9-11H2,(H,19,24)(H,23,25)(H,20,21,22)/t15-/m1/s1. The Morgan fingerprint density at radius 3 is 2.77 bits per heavy atom. The molecular formula is C18H21N5O3. The second-order valence-electron chi connectivity index (χ2n) is 5.83. The fourth-order valence-electron chi connectivity index (χ4n) is 2.59. The molecule has 0 radical (unpaired) electrons. The molecule has 0 spiro atoms. The Hall–Kier alpha value is -3.00. The van der Waals surface area contributed by atoms with Gasteiger partial charge in [-0.3, -0.25) is 9.59 Å². The van der Waals surface area contributed by atoms with Crippen LogP contribution in [0.25, 0.3) is 0 Å². The van der Waals surface area contributed by atoms with Crippen molar-refractivity contribution < 1.29 is 14.3 Å². The van der Waals surface area contributed by atoms with Gasteiger partial charge in [0.2, 0.25) is 5.95 Å². The maximum Gasteiger partial charge on any atom is 0.253 e. The van der Waals surface area contributed by atoms with Gasteiger partial charge in [0.15, 0.2) is 0 Å². The number of amides is 2. The van der Waals surface area contributed by atoms with E-state index in [1.54, 1.807) is 42.7 Å². The molecule has 1 aromatic carbocycles. The first-order valence-electron chi connectivity index (χ1n) is 8.54. The molecule has 1 saturated heterocycles. The quantitative estimate of drug-likeness (QED) is 0.649. The van der Waals surface area contributed by atoms with Crippen molar-refractivity contribution >= 4 is 23.5 Å². The van der Waals surface area contributed by atoms with Crippen LogP contribution >= 0.6 is 0 Å². The molecule has 1 aliphatic heterocycles. The molecule has 0 saturated carbocycles. The molecule has 0 unspecified atom stereocenters. The normalized spacial score (nSPS) is 16.1. The number of nitrogens with one attached hydrogen (secondary N) is 3. The van der Waals surface area contributed by atoms with E-state index in [4.69, 9.17) is 4.74 Å². The van der Waals surface area contributed by atoms with E-state index in [-0.39, 0.29) is 11.8 Å². The summed E-state index contributed by atoms with van der Waals surface area (Å²) in [7, 11) is 0. The van der Waals surface area contributed by atoms with Gasteiger partial charge < -0.3 is 20.7 Å². The van der Waals surface area contributed by atoms with E-state index in [1.165, 1.54) is 0 Å². The Morgan fingerprint density at radius 2 is 2.00 bits per heavy atom. The number of anilines is 2. The van der Waals surface area contributed by atoms with Crippen LogP contribution in [0.2, 0.25) is 0 Å². The van der Waals surface area contributed by atoms with Crippen LogP contribution in [-0.2, 0) is 9.53 Å². The van der Waals surface area contributed by atoms with Crippen molar-refractivity contribution in [1.29, 1.82) is 0 Å². The summed E-state index contributed by atoms with van der Waals surface area (Å²) in [6.45, 7) is 1.54. The number of hydrogen-bond donors (Lipinski definition) is 3. The van der Waals surface area contributed by atoms with Crippen LogP contribution in [0.5, 0.6) is 0 Å². The maximum absolute atomic E-state index is 12.2. The third kappa shape index (κ3) is 5.00.